The Balaban J connectivity index is 1.46. The van der Waals surface area contributed by atoms with Gasteiger partial charge in [0.1, 0.15) is 5.82 Å². The van der Waals surface area contributed by atoms with Crippen LogP contribution in [0.1, 0.15) is 6.42 Å². The smallest absolute Gasteiger partial charge is 0.243 e. The molecular formula is C19H22F2N6O. The number of aliphatic imine (C=N–C) groups is 1. The van der Waals surface area contributed by atoms with E-state index in [4.69, 9.17) is 0 Å². The van der Waals surface area contributed by atoms with Crippen LogP contribution in [0.4, 0.5) is 20.3 Å². The zero-order valence-corrected chi connectivity index (χ0v) is 15.5. The van der Waals surface area contributed by atoms with Crippen LogP contribution in [0.5, 0.6) is 0 Å². The van der Waals surface area contributed by atoms with E-state index in [1.54, 1.807) is 19.3 Å². The topological polar surface area (TPSA) is 81.6 Å². The average Bonchev–Trinajstić information content (AvgIpc) is 3.15. The molecule has 0 radical (unpaired) electrons. The molecule has 1 fully saturated rings. The molecule has 7 nitrogen and oxygen atoms in total. The molecule has 1 aromatic carbocycles. The molecule has 0 bridgehead atoms. The molecule has 1 aliphatic rings. The van der Waals surface area contributed by atoms with Crippen LogP contribution >= 0.6 is 0 Å². The molecule has 9 heteroatoms. The Labute approximate surface area is 161 Å². The van der Waals surface area contributed by atoms with Gasteiger partial charge in [-0.05, 0) is 42.8 Å². The van der Waals surface area contributed by atoms with Crippen LogP contribution in [-0.4, -0.2) is 49.6 Å². The van der Waals surface area contributed by atoms with Gasteiger partial charge in [0.2, 0.25) is 5.91 Å². The maximum absolute atomic E-state index is 13.9. The van der Waals surface area contributed by atoms with Gasteiger partial charge in [0.05, 0.1) is 6.54 Å². The minimum atomic E-state index is -0.364. The minimum absolute atomic E-state index is 0.00233. The van der Waals surface area contributed by atoms with Gasteiger partial charge >= 0.3 is 0 Å². The third-order valence-electron chi connectivity index (χ3n) is 4.34. The number of hydrogen-bond acceptors (Lipinski definition) is 4. The van der Waals surface area contributed by atoms with Crippen molar-refractivity contribution in [2.24, 2.45) is 4.99 Å². The summed E-state index contributed by atoms with van der Waals surface area (Å²) in [5.74, 6) is -0.172. The molecule has 1 aliphatic heterocycles. The maximum atomic E-state index is 13.9. The third-order valence-corrected chi connectivity index (χ3v) is 4.34. The van der Waals surface area contributed by atoms with Gasteiger partial charge in [0, 0.05) is 38.1 Å². The second-order valence-corrected chi connectivity index (χ2v) is 6.37. The largest absolute Gasteiger partial charge is 0.352 e. The quantitative estimate of drug-likeness (QED) is 0.537. The number of nitrogens with zero attached hydrogens (tertiary/aromatic N) is 3. The monoisotopic (exact) mass is 388 g/mol. The number of carbonyl (C=O) groups is 1. The van der Waals surface area contributed by atoms with Gasteiger partial charge in [-0.1, -0.05) is 0 Å². The second-order valence-electron chi connectivity index (χ2n) is 6.37. The SMILES string of the molecule is CN=C(NCC(=O)Nc1ccc(F)cc1)NC1CCN(c2ncccc2F)C1. The van der Waals surface area contributed by atoms with E-state index >= 15 is 0 Å². The van der Waals surface area contributed by atoms with Crippen molar-refractivity contribution in [3.05, 3.63) is 54.2 Å². The number of nitrogens with one attached hydrogen (secondary N) is 3. The molecule has 0 aliphatic carbocycles. The molecule has 148 valence electrons. The molecule has 28 heavy (non-hydrogen) atoms. The van der Waals surface area contributed by atoms with E-state index in [9.17, 15) is 13.6 Å². The van der Waals surface area contributed by atoms with Crippen molar-refractivity contribution in [1.82, 2.24) is 15.6 Å². The molecule has 2 aromatic rings. The van der Waals surface area contributed by atoms with E-state index in [-0.39, 0.29) is 30.1 Å². The highest BCUT2D eigenvalue weighted by atomic mass is 19.1. The second kappa shape index (κ2) is 9.12. The van der Waals surface area contributed by atoms with Crippen molar-refractivity contribution in [3.63, 3.8) is 0 Å². The van der Waals surface area contributed by atoms with Crippen molar-refractivity contribution < 1.29 is 13.6 Å². The Bertz CT molecular complexity index is 843. The van der Waals surface area contributed by atoms with Gasteiger partial charge < -0.3 is 20.9 Å². The van der Waals surface area contributed by atoms with Crippen LogP contribution in [0.3, 0.4) is 0 Å². The highest BCUT2D eigenvalue weighted by molar-refractivity contribution is 5.95. The summed E-state index contributed by atoms with van der Waals surface area (Å²) in [6.07, 6.45) is 2.36. The Kier molecular flexibility index (Phi) is 6.36. The van der Waals surface area contributed by atoms with Gasteiger partial charge in [-0.3, -0.25) is 9.79 Å². The number of amides is 1. The first-order valence-electron chi connectivity index (χ1n) is 8.93. The van der Waals surface area contributed by atoms with Crippen molar-refractivity contribution in [2.45, 2.75) is 12.5 Å². The van der Waals surface area contributed by atoms with E-state index in [0.717, 1.165) is 6.42 Å². The van der Waals surface area contributed by atoms with Gasteiger partial charge in [0.15, 0.2) is 17.6 Å². The number of pyridine rings is 1. The highest BCUT2D eigenvalue weighted by Gasteiger charge is 2.26. The number of anilines is 2. The molecule has 3 N–H and O–H groups in total. The van der Waals surface area contributed by atoms with Crippen molar-refractivity contribution in [3.8, 4) is 0 Å². The lowest BCUT2D eigenvalue weighted by Crippen LogP contribution is -2.46. The van der Waals surface area contributed by atoms with Gasteiger partial charge in [0.25, 0.3) is 0 Å². The summed E-state index contributed by atoms with van der Waals surface area (Å²) in [5.41, 5.74) is 0.514. The molecule has 1 unspecified atom stereocenters. The first kappa shape index (κ1) is 19.5. The lowest BCUT2D eigenvalue weighted by Gasteiger charge is -2.19. The molecule has 1 aromatic heterocycles. The third kappa shape index (κ3) is 5.15. The normalized spacial score (nSPS) is 16.8. The summed E-state index contributed by atoms with van der Waals surface area (Å²) in [6.45, 7) is 1.26. The average molecular weight is 388 g/mol. The molecule has 0 saturated carbocycles. The molecule has 3 rings (SSSR count). The fourth-order valence-corrected chi connectivity index (χ4v) is 2.97. The summed E-state index contributed by atoms with van der Waals surface area (Å²) in [7, 11) is 1.61. The fourth-order valence-electron chi connectivity index (χ4n) is 2.97. The van der Waals surface area contributed by atoms with E-state index in [0.29, 0.717) is 30.6 Å². The number of rotatable bonds is 5. The number of aromatic nitrogens is 1. The number of carbonyl (C=O) groups excluding carboxylic acids is 1. The predicted molar refractivity (Wildman–Crippen MR) is 104 cm³/mol. The Morgan fingerprint density at radius 1 is 1.29 bits per heavy atom. The van der Waals surface area contributed by atoms with E-state index in [1.807, 2.05) is 4.90 Å². The zero-order valence-electron chi connectivity index (χ0n) is 15.5. The van der Waals surface area contributed by atoms with Crippen LogP contribution in [0.25, 0.3) is 0 Å². The van der Waals surface area contributed by atoms with Gasteiger partial charge in [-0.15, -0.1) is 0 Å². The molecular weight excluding hydrogens is 366 g/mol. The first-order valence-corrected chi connectivity index (χ1v) is 8.93. The number of benzene rings is 1. The standard InChI is InChI=1S/C19H22F2N6O/c1-22-19(24-11-17(28)25-14-6-4-13(20)5-7-14)26-15-8-10-27(12-15)18-16(21)3-2-9-23-18/h2-7,9,15H,8,10-12H2,1H3,(H,25,28)(H2,22,24,26). The Hall–Kier alpha value is -3.23. The summed E-state index contributed by atoms with van der Waals surface area (Å²) in [4.78, 5) is 22.1. The van der Waals surface area contributed by atoms with Crippen LogP contribution in [0.15, 0.2) is 47.6 Å². The van der Waals surface area contributed by atoms with E-state index in [2.05, 4.69) is 25.9 Å². The maximum Gasteiger partial charge on any atom is 0.243 e. The Morgan fingerprint density at radius 2 is 2.07 bits per heavy atom. The molecule has 1 saturated heterocycles. The summed E-state index contributed by atoms with van der Waals surface area (Å²) >= 11 is 0. The molecule has 0 spiro atoms. The van der Waals surface area contributed by atoms with Crippen LogP contribution in [0, 0.1) is 11.6 Å². The number of guanidine groups is 1. The number of hydrogen-bond donors (Lipinski definition) is 3. The molecule has 1 atom stereocenters. The minimum Gasteiger partial charge on any atom is -0.352 e. The highest BCUT2D eigenvalue weighted by Crippen LogP contribution is 2.20. The van der Waals surface area contributed by atoms with E-state index in [1.165, 1.54) is 30.3 Å². The fraction of sp³-hybridized carbons (Fsp3) is 0.316. The van der Waals surface area contributed by atoms with Crippen molar-refractivity contribution in [1.29, 1.82) is 0 Å². The lowest BCUT2D eigenvalue weighted by atomic mass is 10.3. The molecule has 2 heterocycles. The summed E-state index contributed by atoms with van der Waals surface area (Å²) in [5, 5.41) is 8.84. The van der Waals surface area contributed by atoms with Crippen molar-refractivity contribution in [2.75, 3.05) is 36.9 Å². The van der Waals surface area contributed by atoms with E-state index < -0.39 is 0 Å². The first-order chi connectivity index (χ1) is 13.5. The number of halogens is 2. The Morgan fingerprint density at radius 3 is 2.79 bits per heavy atom. The lowest BCUT2D eigenvalue weighted by molar-refractivity contribution is -0.115. The van der Waals surface area contributed by atoms with Crippen LogP contribution in [0.2, 0.25) is 0 Å². The summed E-state index contributed by atoms with van der Waals surface area (Å²) < 4.78 is 26.8. The van der Waals surface area contributed by atoms with Crippen LogP contribution in [-0.2, 0) is 4.79 Å². The van der Waals surface area contributed by atoms with Gasteiger partial charge in [-0.25, -0.2) is 13.8 Å². The predicted octanol–water partition coefficient (Wildman–Crippen LogP) is 1.74. The van der Waals surface area contributed by atoms with Gasteiger partial charge in [-0.2, -0.15) is 0 Å². The summed E-state index contributed by atoms with van der Waals surface area (Å²) in [6, 6.07) is 8.54. The zero-order chi connectivity index (χ0) is 19.9. The molecule has 1 amide bonds. The van der Waals surface area contributed by atoms with Crippen molar-refractivity contribution >= 4 is 23.4 Å². The van der Waals surface area contributed by atoms with Crippen LogP contribution < -0.4 is 20.9 Å².